The molecule has 1 aromatic rings. The Bertz CT molecular complexity index is 391. The van der Waals surface area contributed by atoms with E-state index in [0.29, 0.717) is 5.88 Å². The maximum Gasteiger partial charge on any atom is 0.131 e. The molecule has 0 saturated carbocycles. The highest BCUT2D eigenvalue weighted by atomic mass is 35.5. The van der Waals surface area contributed by atoms with E-state index in [1.165, 1.54) is 5.56 Å². The van der Waals surface area contributed by atoms with E-state index >= 15 is 0 Å². The standard InChI is InChI=1S/C14H21ClN2O/c1-11-7-13(8-15)9-16-14(11)17(2)10-12-3-5-18-6-4-12/h7,9,12H,3-6,8,10H2,1-2H3. The first-order valence-corrected chi connectivity index (χ1v) is 7.04. The fourth-order valence-corrected chi connectivity index (χ4v) is 2.65. The molecule has 1 aliphatic rings. The van der Waals surface area contributed by atoms with Gasteiger partial charge in [0.25, 0.3) is 0 Å². The number of nitrogens with zero attached hydrogens (tertiary/aromatic N) is 2. The normalized spacial score (nSPS) is 16.8. The molecule has 0 aromatic carbocycles. The third-order valence-electron chi connectivity index (χ3n) is 3.50. The van der Waals surface area contributed by atoms with E-state index in [4.69, 9.17) is 16.3 Å². The summed E-state index contributed by atoms with van der Waals surface area (Å²) in [6.45, 7) is 4.95. The summed E-state index contributed by atoms with van der Waals surface area (Å²) in [5.41, 5.74) is 2.28. The van der Waals surface area contributed by atoms with Crippen LogP contribution in [0.1, 0.15) is 24.0 Å². The van der Waals surface area contributed by atoms with E-state index in [9.17, 15) is 0 Å². The summed E-state index contributed by atoms with van der Waals surface area (Å²) in [5.74, 6) is 2.31. The third-order valence-corrected chi connectivity index (χ3v) is 3.80. The summed E-state index contributed by atoms with van der Waals surface area (Å²) >= 11 is 5.82. The number of ether oxygens (including phenoxy) is 1. The first-order chi connectivity index (χ1) is 8.70. The average molecular weight is 269 g/mol. The Kier molecular flexibility index (Phi) is 4.84. The summed E-state index contributed by atoms with van der Waals surface area (Å²) in [6.07, 6.45) is 4.18. The van der Waals surface area contributed by atoms with Crippen LogP contribution in [0.3, 0.4) is 0 Å². The number of halogens is 1. The molecule has 0 N–H and O–H groups in total. The highest BCUT2D eigenvalue weighted by Crippen LogP contribution is 2.22. The van der Waals surface area contributed by atoms with Crippen LogP contribution in [-0.2, 0) is 10.6 Å². The van der Waals surface area contributed by atoms with E-state index < -0.39 is 0 Å². The van der Waals surface area contributed by atoms with Crippen molar-refractivity contribution in [1.82, 2.24) is 4.98 Å². The molecule has 100 valence electrons. The molecule has 0 amide bonds. The summed E-state index contributed by atoms with van der Waals surface area (Å²) in [4.78, 5) is 6.78. The van der Waals surface area contributed by atoms with Gasteiger partial charge in [0.15, 0.2) is 0 Å². The van der Waals surface area contributed by atoms with Crippen molar-refractivity contribution in [2.24, 2.45) is 5.92 Å². The fraction of sp³-hybridized carbons (Fsp3) is 0.643. The second-order valence-electron chi connectivity index (χ2n) is 5.05. The van der Waals surface area contributed by atoms with E-state index in [0.717, 1.165) is 49.9 Å². The molecule has 1 aliphatic heterocycles. The Balaban J connectivity index is 2.01. The molecule has 0 spiro atoms. The summed E-state index contributed by atoms with van der Waals surface area (Å²) < 4.78 is 5.39. The van der Waals surface area contributed by atoms with Crippen molar-refractivity contribution in [3.63, 3.8) is 0 Å². The number of pyridine rings is 1. The Hall–Kier alpha value is -0.800. The number of hydrogen-bond donors (Lipinski definition) is 0. The SMILES string of the molecule is Cc1cc(CCl)cnc1N(C)CC1CCOCC1. The molecule has 3 nitrogen and oxygen atoms in total. The van der Waals surface area contributed by atoms with Crippen LogP contribution < -0.4 is 4.90 Å². The molecule has 18 heavy (non-hydrogen) atoms. The molecule has 0 atom stereocenters. The Morgan fingerprint density at radius 1 is 1.44 bits per heavy atom. The van der Waals surface area contributed by atoms with Gasteiger partial charge in [-0.15, -0.1) is 11.6 Å². The van der Waals surface area contributed by atoms with E-state index in [1.807, 2.05) is 6.20 Å². The Labute approximate surface area is 114 Å². The van der Waals surface area contributed by atoms with Crippen LogP contribution in [0.2, 0.25) is 0 Å². The van der Waals surface area contributed by atoms with Gasteiger partial charge in [0, 0.05) is 38.9 Å². The topological polar surface area (TPSA) is 25.4 Å². The monoisotopic (exact) mass is 268 g/mol. The van der Waals surface area contributed by atoms with Gasteiger partial charge in [0.2, 0.25) is 0 Å². The number of anilines is 1. The van der Waals surface area contributed by atoms with E-state index in [-0.39, 0.29) is 0 Å². The minimum Gasteiger partial charge on any atom is -0.381 e. The van der Waals surface area contributed by atoms with Gasteiger partial charge in [0.05, 0.1) is 0 Å². The van der Waals surface area contributed by atoms with Crippen LogP contribution in [0.5, 0.6) is 0 Å². The van der Waals surface area contributed by atoms with E-state index in [1.54, 1.807) is 0 Å². The number of alkyl halides is 1. The van der Waals surface area contributed by atoms with E-state index in [2.05, 4.69) is 29.9 Å². The second-order valence-corrected chi connectivity index (χ2v) is 5.32. The quantitative estimate of drug-likeness (QED) is 0.785. The zero-order valence-corrected chi connectivity index (χ0v) is 11.9. The Morgan fingerprint density at radius 2 is 2.17 bits per heavy atom. The summed E-state index contributed by atoms with van der Waals surface area (Å²) in [7, 11) is 2.12. The molecule has 2 heterocycles. The van der Waals surface area contributed by atoms with Gasteiger partial charge in [-0.2, -0.15) is 0 Å². The van der Waals surface area contributed by atoms with Crippen molar-refractivity contribution in [1.29, 1.82) is 0 Å². The van der Waals surface area contributed by atoms with Crippen molar-refractivity contribution in [2.75, 3.05) is 31.7 Å². The van der Waals surface area contributed by atoms with Crippen LogP contribution >= 0.6 is 11.6 Å². The van der Waals surface area contributed by atoms with Crippen LogP contribution in [0.25, 0.3) is 0 Å². The lowest BCUT2D eigenvalue weighted by Gasteiger charge is -2.28. The molecular weight excluding hydrogens is 248 g/mol. The lowest BCUT2D eigenvalue weighted by molar-refractivity contribution is 0.0685. The largest absolute Gasteiger partial charge is 0.381 e. The molecule has 0 bridgehead atoms. The van der Waals surface area contributed by atoms with Gasteiger partial charge in [-0.3, -0.25) is 0 Å². The van der Waals surface area contributed by atoms with Crippen LogP contribution in [0.15, 0.2) is 12.3 Å². The summed E-state index contributed by atoms with van der Waals surface area (Å²) in [6, 6.07) is 2.12. The van der Waals surface area contributed by atoms with Crippen molar-refractivity contribution >= 4 is 17.4 Å². The zero-order chi connectivity index (χ0) is 13.0. The Morgan fingerprint density at radius 3 is 2.78 bits per heavy atom. The molecule has 1 saturated heterocycles. The molecule has 1 aromatic heterocycles. The lowest BCUT2D eigenvalue weighted by Crippen LogP contribution is -2.30. The van der Waals surface area contributed by atoms with Gasteiger partial charge in [-0.25, -0.2) is 4.98 Å². The average Bonchev–Trinajstić information content (AvgIpc) is 2.39. The first-order valence-electron chi connectivity index (χ1n) is 6.51. The fourth-order valence-electron chi connectivity index (χ4n) is 2.50. The first kappa shape index (κ1) is 13.6. The molecule has 1 fully saturated rings. The third kappa shape index (κ3) is 3.36. The van der Waals surface area contributed by atoms with Crippen molar-refractivity contribution in [3.05, 3.63) is 23.4 Å². The van der Waals surface area contributed by atoms with Gasteiger partial charge < -0.3 is 9.64 Å². The van der Waals surface area contributed by atoms with Gasteiger partial charge in [0.1, 0.15) is 5.82 Å². The highest BCUT2D eigenvalue weighted by molar-refractivity contribution is 6.17. The number of rotatable bonds is 4. The minimum atomic E-state index is 0.526. The number of aryl methyl sites for hydroxylation is 1. The molecular formula is C14H21ClN2O. The van der Waals surface area contributed by atoms with Crippen LogP contribution in [0, 0.1) is 12.8 Å². The van der Waals surface area contributed by atoms with Crippen molar-refractivity contribution in [2.45, 2.75) is 25.6 Å². The molecule has 0 aliphatic carbocycles. The van der Waals surface area contributed by atoms with Gasteiger partial charge >= 0.3 is 0 Å². The molecule has 2 rings (SSSR count). The minimum absolute atomic E-state index is 0.526. The highest BCUT2D eigenvalue weighted by Gasteiger charge is 2.17. The van der Waals surface area contributed by atoms with Crippen LogP contribution in [-0.4, -0.2) is 31.8 Å². The van der Waals surface area contributed by atoms with Crippen LogP contribution in [0.4, 0.5) is 5.82 Å². The summed E-state index contributed by atoms with van der Waals surface area (Å²) in [5, 5.41) is 0. The predicted molar refractivity (Wildman–Crippen MR) is 75.3 cm³/mol. The molecule has 4 heteroatoms. The maximum absolute atomic E-state index is 5.82. The zero-order valence-electron chi connectivity index (χ0n) is 11.2. The van der Waals surface area contributed by atoms with Crippen molar-refractivity contribution in [3.8, 4) is 0 Å². The lowest BCUT2D eigenvalue weighted by atomic mass is 10.00. The van der Waals surface area contributed by atoms with Gasteiger partial charge in [-0.1, -0.05) is 0 Å². The van der Waals surface area contributed by atoms with Crippen molar-refractivity contribution < 1.29 is 4.74 Å². The maximum atomic E-state index is 5.82. The number of hydrogen-bond acceptors (Lipinski definition) is 3. The molecule has 0 unspecified atom stereocenters. The number of aromatic nitrogens is 1. The smallest absolute Gasteiger partial charge is 0.131 e. The predicted octanol–water partition coefficient (Wildman–Crippen LogP) is 2.99. The molecule has 0 radical (unpaired) electrons. The second kappa shape index (κ2) is 6.39. The van der Waals surface area contributed by atoms with Gasteiger partial charge in [-0.05, 0) is 42.9 Å².